The molecule has 6 nitrogen and oxygen atoms in total. The van der Waals surface area contributed by atoms with Crippen LogP contribution in [0, 0.1) is 12.8 Å². The number of nitrogens with one attached hydrogen (secondary N) is 3. The Kier molecular flexibility index (Phi) is 6.70. The van der Waals surface area contributed by atoms with Crippen LogP contribution in [0.3, 0.4) is 0 Å². The molecule has 0 fully saturated rings. The van der Waals surface area contributed by atoms with Gasteiger partial charge in [0.1, 0.15) is 11.6 Å². The molecule has 4 rings (SSSR count). The zero-order valence-corrected chi connectivity index (χ0v) is 19.6. The standard InChI is InChI=1S/C26H26N4O2S/c1-16(2)15-32-20-12-10-18(11-13-20)25(31)30-26(33)29-23-14-19(9-8-17(23)3)24-27-21-6-4-5-7-22(21)28-24/h4-14,16H,15H2,1-3H3,(H,27,28)(H2,29,30,31,33). The Labute approximate surface area is 198 Å². The number of para-hydroxylation sites is 2. The van der Waals surface area contributed by atoms with Gasteiger partial charge in [-0.25, -0.2) is 4.98 Å². The molecule has 0 radical (unpaired) electrons. The third-order valence-electron chi connectivity index (χ3n) is 5.08. The Bertz CT molecular complexity index is 1260. The number of nitrogens with zero attached hydrogens (tertiary/aromatic N) is 1. The molecule has 4 aromatic rings. The zero-order valence-electron chi connectivity index (χ0n) is 18.8. The van der Waals surface area contributed by atoms with Gasteiger partial charge >= 0.3 is 0 Å². The summed E-state index contributed by atoms with van der Waals surface area (Å²) in [7, 11) is 0. The summed E-state index contributed by atoms with van der Waals surface area (Å²) in [5, 5.41) is 6.10. The molecule has 0 aliphatic carbocycles. The van der Waals surface area contributed by atoms with Crippen molar-refractivity contribution in [1.29, 1.82) is 0 Å². The average molecular weight is 459 g/mol. The van der Waals surface area contributed by atoms with Crippen LogP contribution in [0.5, 0.6) is 5.75 Å². The molecule has 7 heteroatoms. The Morgan fingerprint density at radius 2 is 1.85 bits per heavy atom. The minimum atomic E-state index is -0.283. The number of fused-ring (bicyclic) bond motifs is 1. The van der Waals surface area contributed by atoms with Gasteiger partial charge in [0.15, 0.2) is 5.11 Å². The first-order valence-electron chi connectivity index (χ1n) is 10.8. The number of imidazole rings is 1. The number of benzene rings is 3. The van der Waals surface area contributed by atoms with Crippen molar-refractivity contribution in [3.63, 3.8) is 0 Å². The molecule has 0 unspecified atom stereocenters. The highest BCUT2D eigenvalue weighted by Gasteiger charge is 2.11. The number of rotatable bonds is 6. The predicted molar refractivity (Wildman–Crippen MR) is 137 cm³/mol. The van der Waals surface area contributed by atoms with Crippen LogP contribution in [0.4, 0.5) is 5.69 Å². The topological polar surface area (TPSA) is 79.0 Å². The number of anilines is 1. The second-order valence-electron chi connectivity index (χ2n) is 8.27. The van der Waals surface area contributed by atoms with Gasteiger partial charge < -0.3 is 15.0 Å². The number of thiocarbonyl (C=S) groups is 1. The number of amides is 1. The largest absolute Gasteiger partial charge is 0.493 e. The highest BCUT2D eigenvalue weighted by Crippen LogP contribution is 2.25. The van der Waals surface area contributed by atoms with Crippen molar-refractivity contribution >= 4 is 40.0 Å². The van der Waals surface area contributed by atoms with Crippen LogP contribution in [0.15, 0.2) is 66.7 Å². The summed E-state index contributed by atoms with van der Waals surface area (Å²) >= 11 is 5.39. The normalized spacial score (nSPS) is 10.9. The van der Waals surface area contributed by atoms with Gasteiger partial charge in [0, 0.05) is 16.8 Å². The summed E-state index contributed by atoms with van der Waals surface area (Å²) in [6, 6.07) is 20.9. The molecule has 33 heavy (non-hydrogen) atoms. The van der Waals surface area contributed by atoms with E-state index in [4.69, 9.17) is 17.0 Å². The molecule has 0 saturated heterocycles. The van der Waals surface area contributed by atoms with E-state index in [2.05, 4.69) is 34.4 Å². The molecule has 0 aliphatic rings. The van der Waals surface area contributed by atoms with E-state index in [0.29, 0.717) is 18.1 Å². The van der Waals surface area contributed by atoms with E-state index in [1.165, 1.54) is 0 Å². The fourth-order valence-corrected chi connectivity index (χ4v) is 3.49. The first-order valence-corrected chi connectivity index (χ1v) is 11.2. The summed E-state index contributed by atoms with van der Waals surface area (Å²) in [6.07, 6.45) is 0. The van der Waals surface area contributed by atoms with Gasteiger partial charge in [-0.2, -0.15) is 0 Å². The highest BCUT2D eigenvalue weighted by molar-refractivity contribution is 7.80. The SMILES string of the molecule is Cc1ccc(-c2nc3ccccc3[nH]2)cc1NC(=S)NC(=O)c1ccc(OCC(C)C)cc1. The molecule has 3 N–H and O–H groups in total. The van der Waals surface area contributed by atoms with Crippen molar-refractivity contribution < 1.29 is 9.53 Å². The first-order chi connectivity index (χ1) is 15.9. The van der Waals surface area contributed by atoms with Crippen LogP contribution in [0.2, 0.25) is 0 Å². The smallest absolute Gasteiger partial charge is 0.257 e. The molecule has 1 aromatic heterocycles. The number of aromatic nitrogens is 2. The van der Waals surface area contributed by atoms with E-state index in [1.807, 2.05) is 49.4 Å². The third-order valence-corrected chi connectivity index (χ3v) is 5.28. The van der Waals surface area contributed by atoms with Crippen molar-refractivity contribution in [1.82, 2.24) is 15.3 Å². The quantitative estimate of drug-likeness (QED) is 0.323. The second kappa shape index (κ2) is 9.83. The van der Waals surface area contributed by atoms with Crippen molar-refractivity contribution in [2.45, 2.75) is 20.8 Å². The summed E-state index contributed by atoms with van der Waals surface area (Å²) in [4.78, 5) is 20.6. The Morgan fingerprint density at radius 3 is 2.58 bits per heavy atom. The molecule has 1 amide bonds. The minimum Gasteiger partial charge on any atom is -0.493 e. The van der Waals surface area contributed by atoms with Crippen LogP contribution in [0.1, 0.15) is 29.8 Å². The Hall–Kier alpha value is -3.71. The van der Waals surface area contributed by atoms with Crippen molar-refractivity contribution in [3.8, 4) is 17.1 Å². The monoisotopic (exact) mass is 458 g/mol. The molecule has 0 spiro atoms. The molecule has 0 saturated carbocycles. The fourth-order valence-electron chi connectivity index (χ4n) is 3.29. The number of hydrogen-bond donors (Lipinski definition) is 3. The fraction of sp³-hybridized carbons (Fsp3) is 0.192. The summed E-state index contributed by atoms with van der Waals surface area (Å²) in [6.45, 7) is 6.78. The first kappa shape index (κ1) is 22.5. The lowest BCUT2D eigenvalue weighted by Gasteiger charge is -2.13. The molecule has 0 aliphatic heterocycles. The van der Waals surface area contributed by atoms with Crippen LogP contribution in [-0.2, 0) is 0 Å². The minimum absolute atomic E-state index is 0.227. The summed E-state index contributed by atoms with van der Waals surface area (Å²) in [5.74, 6) is 1.66. The van der Waals surface area contributed by atoms with Gasteiger partial charge in [-0.15, -0.1) is 0 Å². The van der Waals surface area contributed by atoms with Gasteiger partial charge in [-0.3, -0.25) is 10.1 Å². The number of aryl methyl sites for hydroxylation is 1. The Morgan fingerprint density at radius 1 is 1.09 bits per heavy atom. The van der Waals surface area contributed by atoms with Crippen molar-refractivity contribution in [3.05, 3.63) is 77.9 Å². The molecule has 3 aromatic carbocycles. The van der Waals surface area contributed by atoms with Gasteiger partial charge in [-0.1, -0.05) is 38.1 Å². The lowest BCUT2D eigenvalue weighted by atomic mass is 10.1. The summed E-state index contributed by atoms with van der Waals surface area (Å²) < 4.78 is 5.66. The van der Waals surface area contributed by atoms with E-state index >= 15 is 0 Å². The molecule has 168 valence electrons. The molecule has 0 bridgehead atoms. The van der Waals surface area contributed by atoms with Gasteiger partial charge in [0.2, 0.25) is 0 Å². The van der Waals surface area contributed by atoms with Crippen molar-refractivity contribution in [2.75, 3.05) is 11.9 Å². The van der Waals surface area contributed by atoms with E-state index in [-0.39, 0.29) is 11.0 Å². The third kappa shape index (κ3) is 5.56. The maximum atomic E-state index is 12.6. The average Bonchev–Trinajstić information content (AvgIpc) is 3.23. The van der Waals surface area contributed by atoms with Crippen molar-refractivity contribution in [2.24, 2.45) is 5.92 Å². The van der Waals surface area contributed by atoms with Gasteiger partial charge in [0.25, 0.3) is 5.91 Å². The van der Waals surface area contributed by atoms with Crippen LogP contribution in [0.25, 0.3) is 22.4 Å². The number of ether oxygens (including phenoxy) is 1. The van der Waals surface area contributed by atoms with E-state index in [1.54, 1.807) is 24.3 Å². The van der Waals surface area contributed by atoms with Gasteiger partial charge in [0.05, 0.1) is 17.6 Å². The highest BCUT2D eigenvalue weighted by atomic mass is 32.1. The number of H-pyrrole nitrogens is 1. The van der Waals surface area contributed by atoms with E-state index in [0.717, 1.165) is 39.4 Å². The molecule has 1 heterocycles. The lowest BCUT2D eigenvalue weighted by molar-refractivity contribution is 0.0977. The molecular weight excluding hydrogens is 432 g/mol. The van der Waals surface area contributed by atoms with Crippen LogP contribution < -0.4 is 15.4 Å². The van der Waals surface area contributed by atoms with E-state index in [9.17, 15) is 4.79 Å². The molecule has 0 atom stereocenters. The maximum Gasteiger partial charge on any atom is 0.257 e. The lowest BCUT2D eigenvalue weighted by Crippen LogP contribution is -2.34. The number of carbonyl (C=O) groups is 1. The second-order valence-corrected chi connectivity index (χ2v) is 8.68. The zero-order chi connectivity index (χ0) is 23.4. The van der Waals surface area contributed by atoms with Gasteiger partial charge in [-0.05, 0) is 73.1 Å². The van der Waals surface area contributed by atoms with Crippen LogP contribution >= 0.6 is 12.2 Å². The number of hydrogen-bond acceptors (Lipinski definition) is 4. The predicted octanol–water partition coefficient (Wildman–Crippen LogP) is 5.70. The van der Waals surface area contributed by atoms with E-state index < -0.39 is 0 Å². The number of carbonyl (C=O) groups excluding carboxylic acids is 1. The maximum absolute atomic E-state index is 12.6. The summed E-state index contributed by atoms with van der Waals surface area (Å²) in [5.41, 5.74) is 5.11. The number of aromatic amines is 1. The molecular formula is C26H26N4O2S. The van der Waals surface area contributed by atoms with Crippen LogP contribution in [-0.4, -0.2) is 27.6 Å². The Balaban J connectivity index is 1.42.